The second-order valence-corrected chi connectivity index (χ2v) is 7.87. The molecule has 0 aliphatic carbocycles. The van der Waals surface area contributed by atoms with Gasteiger partial charge in [-0.15, -0.1) is 0 Å². The molecule has 3 rings (SSSR count). The minimum Gasteiger partial charge on any atom is -0.497 e. The average molecular weight is 396 g/mol. The molecule has 2 heterocycles. The lowest BCUT2D eigenvalue weighted by atomic mass is 10.2. The molecule has 2 fully saturated rings. The molecule has 1 aromatic rings. The summed E-state index contributed by atoms with van der Waals surface area (Å²) in [7, 11) is 3.20. The predicted molar refractivity (Wildman–Crippen MR) is 108 cm³/mol. The molecule has 2 saturated heterocycles. The van der Waals surface area contributed by atoms with E-state index in [1.807, 2.05) is 28.8 Å². The van der Waals surface area contributed by atoms with Crippen molar-refractivity contribution >= 4 is 23.5 Å². The zero-order valence-electron chi connectivity index (χ0n) is 16.1. The molecule has 7 nitrogen and oxygen atoms in total. The Labute approximate surface area is 165 Å². The number of hydrogen-bond donors (Lipinski definition) is 1. The fraction of sp³-hybridized carbons (Fsp3) is 0.632. The van der Waals surface area contributed by atoms with Crippen LogP contribution in [0.2, 0.25) is 0 Å². The Morgan fingerprint density at radius 1 is 1.19 bits per heavy atom. The van der Waals surface area contributed by atoms with Crippen LogP contribution in [0.25, 0.3) is 0 Å². The molecule has 1 unspecified atom stereocenters. The molecule has 1 aromatic carbocycles. The van der Waals surface area contributed by atoms with Crippen LogP contribution < -0.4 is 14.8 Å². The molecule has 27 heavy (non-hydrogen) atoms. The van der Waals surface area contributed by atoms with Crippen molar-refractivity contribution in [1.82, 2.24) is 9.80 Å². The van der Waals surface area contributed by atoms with Gasteiger partial charge in [0.2, 0.25) is 0 Å². The largest absolute Gasteiger partial charge is 0.497 e. The van der Waals surface area contributed by atoms with Crippen molar-refractivity contribution in [3.8, 4) is 11.5 Å². The van der Waals surface area contributed by atoms with E-state index in [-0.39, 0.29) is 12.1 Å². The number of ether oxygens (including phenoxy) is 3. The predicted octanol–water partition coefficient (Wildman–Crippen LogP) is 2.38. The Kier molecular flexibility index (Phi) is 7.49. The van der Waals surface area contributed by atoms with E-state index in [2.05, 4.69) is 10.2 Å². The maximum Gasteiger partial charge on any atom is 0.322 e. The highest BCUT2D eigenvalue weighted by Crippen LogP contribution is 2.26. The Morgan fingerprint density at radius 2 is 1.89 bits per heavy atom. The number of nitrogens with zero attached hydrogens (tertiary/aromatic N) is 2. The summed E-state index contributed by atoms with van der Waals surface area (Å²) in [5.41, 5.74) is 0.679. The molecular weight excluding hydrogens is 366 g/mol. The van der Waals surface area contributed by atoms with Gasteiger partial charge in [-0.05, 0) is 12.2 Å². The third kappa shape index (κ3) is 5.67. The zero-order chi connectivity index (χ0) is 19.1. The molecule has 0 aromatic heterocycles. The summed E-state index contributed by atoms with van der Waals surface area (Å²) >= 11 is 1.93. The van der Waals surface area contributed by atoms with Crippen LogP contribution in [0.5, 0.6) is 11.5 Å². The van der Waals surface area contributed by atoms with Crippen molar-refractivity contribution in [1.29, 1.82) is 0 Å². The van der Waals surface area contributed by atoms with Crippen LogP contribution in [0, 0.1) is 0 Å². The summed E-state index contributed by atoms with van der Waals surface area (Å²) < 4.78 is 16.0. The highest BCUT2D eigenvalue weighted by molar-refractivity contribution is 7.99. The van der Waals surface area contributed by atoms with Gasteiger partial charge in [0, 0.05) is 55.8 Å². The molecule has 2 aliphatic heterocycles. The van der Waals surface area contributed by atoms with E-state index < -0.39 is 0 Å². The molecule has 1 N–H and O–H groups in total. The van der Waals surface area contributed by atoms with Crippen molar-refractivity contribution in [3.63, 3.8) is 0 Å². The fourth-order valence-corrected chi connectivity index (χ4v) is 4.46. The molecule has 0 saturated carbocycles. The Hall–Kier alpha value is -1.64. The van der Waals surface area contributed by atoms with Gasteiger partial charge in [0.05, 0.1) is 33.5 Å². The maximum absolute atomic E-state index is 13.1. The van der Waals surface area contributed by atoms with Gasteiger partial charge in [-0.25, -0.2) is 4.79 Å². The van der Waals surface area contributed by atoms with Gasteiger partial charge in [0.1, 0.15) is 11.5 Å². The Bertz CT molecular complexity index is 603. The van der Waals surface area contributed by atoms with Crippen LogP contribution in [-0.4, -0.2) is 87.0 Å². The summed E-state index contributed by atoms with van der Waals surface area (Å²) in [6.45, 7) is 5.08. The van der Waals surface area contributed by atoms with Crippen LogP contribution >= 0.6 is 11.8 Å². The summed E-state index contributed by atoms with van der Waals surface area (Å²) in [4.78, 5) is 17.4. The molecule has 2 amide bonds. The summed E-state index contributed by atoms with van der Waals surface area (Å²) in [6.07, 6.45) is 1.01. The monoisotopic (exact) mass is 395 g/mol. The number of carbonyl (C=O) groups excluding carboxylic acids is 1. The first-order chi connectivity index (χ1) is 13.2. The number of morpholine rings is 1. The minimum atomic E-state index is -0.0638. The number of hydrogen-bond acceptors (Lipinski definition) is 6. The zero-order valence-corrected chi connectivity index (χ0v) is 16.9. The molecule has 0 bridgehead atoms. The van der Waals surface area contributed by atoms with Crippen LogP contribution in [0.15, 0.2) is 18.2 Å². The van der Waals surface area contributed by atoms with E-state index in [0.717, 1.165) is 57.3 Å². The van der Waals surface area contributed by atoms with E-state index in [1.54, 1.807) is 20.3 Å². The molecule has 1 atom stereocenters. The number of amides is 2. The lowest BCUT2D eigenvalue weighted by Crippen LogP contribution is -2.51. The smallest absolute Gasteiger partial charge is 0.322 e. The molecule has 2 aliphatic rings. The highest BCUT2D eigenvalue weighted by atomic mass is 32.2. The number of benzene rings is 1. The number of methoxy groups -OCH3 is 2. The van der Waals surface area contributed by atoms with Gasteiger partial charge in [0.15, 0.2) is 0 Å². The second-order valence-electron chi connectivity index (χ2n) is 6.72. The lowest BCUT2D eigenvalue weighted by Gasteiger charge is -2.35. The number of carbonyl (C=O) groups is 1. The van der Waals surface area contributed by atoms with E-state index in [4.69, 9.17) is 14.2 Å². The number of rotatable bonds is 5. The van der Waals surface area contributed by atoms with Crippen LogP contribution in [0.4, 0.5) is 10.5 Å². The van der Waals surface area contributed by atoms with Gasteiger partial charge in [-0.1, -0.05) is 0 Å². The minimum absolute atomic E-state index is 0.0638. The second kappa shape index (κ2) is 10.1. The van der Waals surface area contributed by atoms with Crippen molar-refractivity contribution in [2.75, 3.05) is 70.4 Å². The first-order valence-electron chi connectivity index (χ1n) is 9.38. The third-order valence-electron chi connectivity index (χ3n) is 4.87. The van der Waals surface area contributed by atoms with Gasteiger partial charge < -0.3 is 24.4 Å². The third-order valence-corrected chi connectivity index (χ3v) is 6.07. The average Bonchev–Trinajstić information content (AvgIpc) is 2.94. The van der Waals surface area contributed by atoms with E-state index in [1.165, 1.54) is 0 Å². The van der Waals surface area contributed by atoms with E-state index in [0.29, 0.717) is 17.2 Å². The molecular formula is C19H29N3O4S. The normalized spacial score (nSPS) is 21.4. The standard InChI is InChI=1S/C19H29N3O4S/c1-24-17-10-15(11-18(12-17)25-2)20-19(23)22-4-3-9-27-14-16(22)13-21-5-7-26-8-6-21/h10-12,16H,3-9,13-14H2,1-2H3,(H,20,23). The SMILES string of the molecule is COc1cc(NC(=O)N2CCCSCC2CN2CCOCC2)cc(OC)c1. The van der Waals surface area contributed by atoms with Crippen molar-refractivity contribution in [2.45, 2.75) is 12.5 Å². The first-order valence-corrected chi connectivity index (χ1v) is 10.5. The van der Waals surface area contributed by atoms with Crippen molar-refractivity contribution in [3.05, 3.63) is 18.2 Å². The quantitative estimate of drug-likeness (QED) is 0.826. The van der Waals surface area contributed by atoms with E-state index >= 15 is 0 Å². The molecule has 0 radical (unpaired) electrons. The Balaban J connectivity index is 1.69. The van der Waals surface area contributed by atoms with Crippen LogP contribution in [-0.2, 0) is 4.74 Å². The fourth-order valence-electron chi connectivity index (χ4n) is 3.40. The first kappa shape index (κ1) is 20.1. The number of nitrogens with one attached hydrogen (secondary N) is 1. The van der Waals surface area contributed by atoms with Gasteiger partial charge in [-0.3, -0.25) is 4.90 Å². The molecule has 150 valence electrons. The van der Waals surface area contributed by atoms with Gasteiger partial charge in [-0.2, -0.15) is 11.8 Å². The van der Waals surface area contributed by atoms with Crippen LogP contribution in [0.3, 0.4) is 0 Å². The number of anilines is 1. The summed E-state index contributed by atoms with van der Waals surface area (Å²) in [5, 5.41) is 3.03. The number of thioether (sulfide) groups is 1. The Morgan fingerprint density at radius 3 is 2.56 bits per heavy atom. The molecule has 8 heteroatoms. The highest BCUT2D eigenvalue weighted by Gasteiger charge is 2.28. The molecule has 0 spiro atoms. The van der Waals surface area contributed by atoms with Crippen molar-refractivity contribution in [2.24, 2.45) is 0 Å². The van der Waals surface area contributed by atoms with Gasteiger partial charge in [0.25, 0.3) is 0 Å². The topological polar surface area (TPSA) is 63.3 Å². The lowest BCUT2D eigenvalue weighted by molar-refractivity contribution is 0.0288. The number of urea groups is 1. The summed E-state index contributed by atoms with van der Waals surface area (Å²) in [6, 6.07) is 5.54. The maximum atomic E-state index is 13.1. The van der Waals surface area contributed by atoms with Gasteiger partial charge >= 0.3 is 6.03 Å². The van der Waals surface area contributed by atoms with Crippen LogP contribution in [0.1, 0.15) is 6.42 Å². The van der Waals surface area contributed by atoms with E-state index in [9.17, 15) is 4.79 Å². The van der Waals surface area contributed by atoms with Crippen molar-refractivity contribution < 1.29 is 19.0 Å². The summed E-state index contributed by atoms with van der Waals surface area (Å²) in [5.74, 6) is 3.37.